The Bertz CT molecular complexity index is 1480. The second-order valence-electron chi connectivity index (χ2n) is 8.23. The molecule has 3 aromatic carbocycles. The summed E-state index contributed by atoms with van der Waals surface area (Å²) in [6.07, 6.45) is 0. The van der Waals surface area contributed by atoms with Crippen molar-refractivity contribution in [1.29, 1.82) is 0 Å². The number of nitrogens with zero attached hydrogens (tertiary/aromatic N) is 1. The van der Waals surface area contributed by atoms with Crippen LogP contribution < -0.4 is 14.8 Å². The zero-order valence-electron chi connectivity index (χ0n) is 19.5. The van der Waals surface area contributed by atoms with E-state index in [0.29, 0.717) is 11.1 Å². The number of aliphatic hydroxyl groups is 1. The van der Waals surface area contributed by atoms with Crippen molar-refractivity contribution in [2.24, 2.45) is 5.14 Å². The molecular formula is C26H24N2O7S. The summed E-state index contributed by atoms with van der Waals surface area (Å²) in [5, 5.41) is 26.5. The summed E-state index contributed by atoms with van der Waals surface area (Å²) in [4.78, 5) is 27.5. The van der Waals surface area contributed by atoms with Gasteiger partial charge in [0.1, 0.15) is 5.76 Å². The van der Waals surface area contributed by atoms with Gasteiger partial charge in [0.15, 0.2) is 11.5 Å². The van der Waals surface area contributed by atoms with E-state index in [1.165, 1.54) is 42.5 Å². The van der Waals surface area contributed by atoms with Crippen molar-refractivity contribution in [1.82, 2.24) is 0 Å². The highest BCUT2D eigenvalue weighted by Gasteiger charge is 2.47. The number of Topliss-reactive ketones (excluding diaryl/α,β-unsaturated/α-hetero) is 1. The average Bonchev–Trinajstić information content (AvgIpc) is 3.10. The quantitative estimate of drug-likeness (QED) is 0.263. The van der Waals surface area contributed by atoms with Gasteiger partial charge in [-0.1, -0.05) is 35.9 Å². The molecule has 10 heteroatoms. The highest BCUT2D eigenvalue weighted by molar-refractivity contribution is 7.89. The number of hydrogen-bond donors (Lipinski definition) is 3. The molecule has 0 aliphatic carbocycles. The predicted octanol–water partition coefficient (Wildman–Crippen LogP) is 3.37. The lowest BCUT2D eigenvalue weighted by Gasteiger charge is -2.26. The number of carbonyl (C=O) groups is 2. The van der Waals surface area contributed by atoms with Crippen LogP contribution in [0.3, 0.4) is 0 Å². The summed E-state index contributed by atoms with van der Waals surface area (Å²) in [5.41, 5.74) is 1.73. The molecule has 4 N–H and O–H groups in total. The number of benzene rings is 3. The number of carbonyl (C=O) groups excluding carboxylic acids is 2. The Morgan fingerprint density at radius 2 is 1.67 bits per heavy atom. The number of aryl methyl sites for hydroxylation is 1. The molecule has 1 heterocycles. The highest BCUT2D eigenvalue weighted by atomic mass is 32.2. The number of rotatable bonds is 6. The number of phenols is 1. The third-order valence-electron chi connectivity index (χ3n) is 5.81. The number of hydrogen-bond acceptors (Lipinski definition) is 7. The Morgan fingerprint density at radius 1 is 1.03 bits per heavy atom. The van der Waals surface area contributed by atoms with Crippen LogP contribution in [0.5, 0.6) is 11.5 Å². The number of ether oxygens (including phenoxy) is 1. The van der Waals surface area contributed by atoms with E-state index in [9.17, 15) is 28.2 Å². The van der Waals surface area contributed by atoms with Crippen molar-refractivity contribution in [3.05, 3.63) is 89.0 Å². The normalized spacial score (nSPS) is 17.4. The number of aromatic hydroxyl groups is 1. The van der Waals surface area contributed by atoms with Crippen LogP contribution in [0, 0.1) is 6.92 Å². The molecule has 1 fully saturated rings. The largest absolute Gasteiger partial charge is 0.507 e. The Labute approximate surface area is 208 Å². The second-order valence-corrected chi connectivity index (χ2v) is 9.80. The van der Waals surface area contributed by atoms with E-state index in [2.05, 4.69) is 0 Å². The first-order chi connectivity index (χ1) is 17.0. The molecule has 0 saturated carbocycles. The maximum atomic E-state index is 13.3. The van der Waals surface area contributed by atoms with Gasteiger partial charge in [-0.05, 0) is 55.8 Å². The van der Waals surface area contributed by atoms with Crippen LogP contribution in [0.15, 0.2) is 77.2 Å². The van der Waals surface area contributed by atoms with E-state index in [0.717, 1.165) is 10.5 Å². The number of phenolic OH excluding ortho intramolecular Hbond substituents is 1. The lowest BCUT2D eigenvalue weighted by molar-refractivity contribution is -0.132. The molecule has 1 aliphatic rings. The number of nitrogens with two attached hydrogens (primary N) is 1. The van der Waals surface area contributed by atoms with Gasteiger partial charge in [-0.15, -0.1) is 0 Å². The van der Waals surface area contributed by atoms with Gasteiger partial charge >= 0.3 is 0 Å². The molecule has 1 atom stereocenters. The van der Waals surface area contributed by atoms with Crippen LogP contribution in [0.4, 0.5) is 5.69 Å². The van der Waals surface area contributed by atoms with Gasteiger partial charge in [-0.25, -0.2) is 13.6 Å². The van der Waals surface area contributed by atoms with E-state index < -0.39 is 27.8 Å². The first-order valence-electron chi connectivity index (χ1n) is 11.0. The van der Waals surface area contributed by atoms with Gasteiger partial charge in [0.2, 0.25) is 10.0 Å². The molecule has 1 unspecified atom stereocenters. The lowest BCUT2D eigenvalue weighted by atomic mass is 9.94. The molecule has 0 bridgehead atoms. The lowest BCUT2D eigenvalue weighted by Crippen LogP contribution is -2.29. The number of amides is 1. The van der Waals surface area contributed by atoms with Crippen LogP contribution in [-0.4, -0.2) is 36.9 Å². The fourth-order valence-electron chi connectivity index (χ4n) is 4.05. The summed E-state index contributed by atoms with van der Waals surface area (Å²) in [7, 11) is -3.98. The van der Waals surface area contributed by atoms with E-state index in [4.69, 9.17) is 9.88 Å². The molecule has 0 spiro atoms. The van der Waals surface area contributed by atoms with Crippen molar-refractivity contribution in [3.8, 4) is 11.5 Å². The molecule has 0 radical (unpaired) electrons. The second kappa shape index (κ2) is 9.48. The SMILES string of the molecule is CCOc1cc(C2/C(=C(/O)c3ccc(C)cc3)C(=O)C(=O)N2c2ccc(S(N)(=O)=O)cc2)ccc1O. The number of ketones is 1. The molecule has 36 heavy (non-hydrogen) atoms. The number of aliphatic hydroxyl groups excluding tert-OH is 1. The first kappa shape index (κ1) is 25.0. The molecule has 0 aromatic heterocycles. The van der Waals surface area contributed by atoms with E-state index >= 15 is 0 Å². The van der Waals surface area contributed by atoms with Gasteiger partial charge in [-0.3, -0.25) is 14.5 Å². The first-order valence-corrected chi connectivity index (χ1v) is 12.5. The zero-order chi connectivity index (χ0) is 26.2. The smallest absolute Gasteiger partial charge is 0.300 e. The molecule has 1 aliphatic heterocycles. The predicted molar refractivity (Wildman–Crippen MR) is 133 cm³/mol. The van der Waals surface area contributed by atoms with Crippen molar-refractivity contribution in [2.45, 2.75) is 24.8 Å². The summed E-state index contributed by atoms with van der Waals surface area (Å²) >= 11 is 0. The summed E-state index contributed by atoms with van der Waals surface area (Å²) < 4.78 is 28.9. The Kier molecular flexibility index (Phi) is 6.57. The Hall–Kier alpha value is -4.15. The van der Waals surface area contributed by atoms with Gasteiger partial charge in [-0.2, -0.15) is 0 Å². The minimum Gasteiger partial charge on any atom is -0.507 e. The van der Waals surface area contributed by atoms with Crippen molar-refractivity contribution in [3.63, 3.8) is 0 Å². The van der Waals surface area contributed by atoms with Crippen LogP contribution in [0.2, 0.25) is 0 Å². The third-order valence-corrected chi connectivity index (χ3v) is 6.74. The monoisotopic (exact) mass is 508 g/mol. The van der Waals surface area contributed by atoms with Crippen LogP contribution in [-0.2, 0) is 19.6 Å². The highest BCUT2D eigenvalue weighted by Crippen LogP contribution is 2.44. The molecule has 1 saturated heterocycles. The van der Waals surface area contributed by atoms with Gasteiger partial charge in [0, 0.05) is 11.3 Å². The summed E-state index contributed by atoms with van der Waals surface area (Å²) in [6, 6.07) is 15.2. The van der Waals surface area contributed by atoms with E-state index in [-0.39, 0.29) is 40.0 Å². The molecule has 186 valence electrons. The average molecular weight is 509 g/mol. The molecular weight excluding hydrogens is 484 g/mol. The molecule has 9 nitrogen and oxygen atoms in total. The van der Waals surface area contributed by atoms with Crippen LogP contribution in [0.1, 0.15) is 29.7 Å². The van der Waals surface area contributed by atoms with Crippen molar-refractivity contribution < 1.29 is 33.0 Å². The van der Waals surface area contributed by atoms with Gasteiger partial charge in [0.05, 0.1) is 23.1 Å². The van der Waals surface area contributed by atoms with Crippen molar-refractivity contribution >= 4 is 33.2 Å². The zero-order valence-corrected chi connectivity index (χ0v) is 20.3. The molecule has 3 aromatic rings. The van der Waals surface area contributed by atoms with E-state index in [1.54, 1.807) is 31.2 Å². The minimum absolute atomic E-state index is 0.131. The maximum absolute atomic E-state index is 13.3. The Morgan fingerprint density at radius 3 is 2.25 bits per heavy atom. The number of primary sulfonamides is 1. The molecule has 4 rings (SSSR count). The Balaban J connectivity index is 1.94. The third kappa shape index (κ3) is 4.56. The van der Waals surface area contributed by atoms with Crippen LogP contribution in [0.25, 0.3) is 5.76 Å². The fraction of sp³-hybridized carbons (Fsp3) is 0.154. The maximum Gasteiger partial charge on any atom is 0.300 e. The van der Waals surface area contributed by atoms with E-state index in [1.807, 2.05) is 6.92 Å². The van der Waals surface area contributed by atoms with Gasteiger partial charge in [0.25, 0.3) is 11.7 Å². The topological polar surface area (TPSA) is 147 Å². The van der Waals surface area contributed by atoms with Gasteiger partial charge < -0.3 is 14.9 Å². The van der Waals surface area contributed by atoms with Crippen molar-refractivity contribution in [2.75, 3.05) is 11.5 Å². The standard InChI is InChI=1S/C26H24N2O7S/c1-3-35-21-14-17(8-13-20(21)29)23-22(24(30)16-6-4-15(2)5-7-16)25(31)26(32)28(23)18-9-11-19(12-10-18)36(27,33)34/h4-14,23,29-30H,3H2,1-2H3,(H2,27,33,34)/b24-22-. The minimum atomic E-state index is -3.98. The molecule has 1 amide bonds. The van der Waals surface area contributed by atoms with Crippen LogP contribution >= 0.6 is 0 Å². The summed E-state index contributed by atoms with van der Waals surface area (Å²) in [6.45, 7) is 3.87. The summed E-state index contributed by atoms with van der Waals surface area (Å²) in [5.74, 6) is -2.19. The number of sulfonamides is 1. The fourth-order valence-corrected chi connectivity index (χ4v) is 4.56. The number of anilines is 1.